The van der Waals surface area contributed by atoms with Crippen LogP contribution in [0.25, 0.3) is 111 Å². The van der Waals surface area contributed by atoms with Gasteiger partial charge in [0.25, 0.3) is 0 Å². The zero-order valence-electron chi connectivity index (χ0n) is 31.1. The van der Waals surface area contributed by atoms with E-state index >= 15 is 0 Å². The normalized spacial score (nSPS) is 12.1. The Hall–Kier alpha value is -8.23. The van der Waals surface area contributed by atoms with Gasteiger partial charge in [0.15, 0.2) is 17.2 Å². The topological polar surface area (TPSA) is 94.5 Å². The standard InChI is InChI=1S/C51H28N4O4/c1-5-18-40-31(11-1)34-25-23-30(28-46(34)58-40)50-52-49(29-24-26-44-37(27-29)33-13-3-6-19-41(33)56-44)53-51(54-50)55(38-16-10-22-45-47(38)36-14-4-8-21-43(36)57-45)39-17-9-15-35-32-12-2-7-20-42(32)59-48(35)39/h1-28H. The monoisotopic (exact) mass is 760 g/mol. The summed E-state index contributed by atoms with van der Waals surface area (Å²) in [5.74, 6) is 1.38. The highest BCUT2D eigenvalue weighted by molar-refractivity contribution is 6.16. The Morgan fingerprint density at radius 1 is 0.322 bits per heavy atom. The first kappa shape index (κ1) is 31.9. The van der Waals surface area contributed by atoms with Gasteiger partial charge in [-0.15, -0.1) is 0 Å². The fourth-order valence-corrected chi connectivity index (χ4v) is 8.65. The minimum Gasteiger partial charge on any atom is -0.456 e. The SMILES string of the molecule is c1ccc2c(c1)oc1cc(-c3nc(-c4ccc5oc6ccccc6c5c4)nc(N(c4cccc5c4oc4ccccc45)c4cccc5oc6ccccc6c45)n3)ccc12. The van der Waals surface area contributed by atoms with Gasteiger partial charge in [-0.2, -0.15) is 9.97 Å². The Kier molecular flexibility index (Phi) is 6.56. The largest absolute Gasteiger partial charge is 0.456 e. The summed E-state index contributed by atoms with van der Waals surface area (Å²) in [4.78, 5) is 18.0. The highest BCUT2D eigenvalue weighted by Gasteiger charge is 2.27. The second-order valence-corrected chi connectivity index (χ2v) is 14.7. The highest BCUT2D eigenvalue weighted by atomic mass is 16.3. The van der Waals surface area contributed by atoms with Crippen molar-refractivity contribution in [3.05, 3.63) is 170 Å². The third-order valence-corrected chi connectivity index (χ3v) is 11.3. The van der Waals surface area contributed by atoms with Crippen LogP contribution in [0.1, 0.15) is 0 Å². The van der Waals surface area contributed by atoms with Crippen LogP contribution in [0.5, 0.6) is 0 Å². The molecule has 0 saturated heterocycles. The molecule has 8 heteroatoms. The molecule has 0 aliphatic rings. The molecule has 0 unspecified atom stereocenters. The minimum absolute atomic E-state index is 0.401. The molecule has 13 aromatic rings. The van der Waals surface area contributed by atoms with E-state index in [2.05, 4.69) is 71.6 Å². The molecule has 5 aromatic heterocycles. The van der Waals surface area contributed by atoms with Crippen molar-refractivity contribution in [3.63, 3.8) is 0 Å². The first-order valence-electron chi connectivity index (χ1n) is 19.4. The minimum atomic E-state index is 0.401. The number of benzene rings is 8. The average molecular weight is 761 g/mol. The number of hydrogen-bond donors (Lipinski definition) is 0. The molecule has 5 heterocycles. The Morgan fingerprint density at radius 2 is 0.814 bits per heavy atom. The molecule has 0 saturated carbocycles. The van der Waals surface area contributed by atoms with Crippen molar-refractivity contribution in [1.82, 2.24) is 15.0 Å². The van der Waals surface area contributed by atoms with E-state index < -0.39 is 0 Å². The lowest BCUT2D eigenvalue weighted by Crippen LogP contribution is -2.15. The predicted molar refractivity (Wildman–Crippen MR) is 234 cm³/mol. The number of nitrogens with zero attached hydrogens (tertiary/aromatic N) is 4. The molecular weight excluding hydrogens is 733 g/mol. The number of anilines is 3. The summed E-state index contributed by atoms with van der Waals surface area (Å²) in [5.41, 5.74) is 9.39. The van der Waals surface area contributed by atoms with Crippen LogP contribution in [0.15, 0.2) is 188 Å². The van der Waals surface area contributed by atoms with Crippen LogP contribution in [0.2, 0.25) is 0 Å². The van der Waals surface area contributed by atoms with E-state index in [-0.39, 0.29) is 0 Å². The van der Waals surface area contributed by atoms with E-state index in [0.29, 0.717) is 23.2 Å². The van der Waals surface area contributed by atoms with Crippen molar-refractivity contribution in [3.8, 4) is 22.8 Å². The first-order chi connectivity index (χ1) is 29.2. The lowest BCUT2D eigenvalue weighted by atomic mass is 10.1. The van der Waals surface area contributed by atoms with Crippen LogP contribution in [0.4, 0.5) is 17.3 Å². The summed E-state index contributed by atoms with van der Waals surface area (Å²) >= 11 is 0. The Morgan fingerprint density at radius 3 is 1.58 bits per heavy atom. The van der Waals surface area contributed by atoms with Gasteiger partial charge in [0.2, 0.25) is 5.95 Å². The molecule has 0 N–H and O–H groups in total. The summed E-state index contributed by atoms with van der Waals surface area (Å²) in [6.07, 6.45) is 0. The van der Waals surface area contributed by atoms with Crippen LogP contribution < -0.4 is 4.90 Å². The molecule has 0 bridgehead atoms. The molecule has 0 amide bonds. The number of rotatable bonds is 5. The van der Waals surface area contributed by atoms with Gasteiger partial charge in [-0.3, -0.25) is 4.90 Å². The summed E-state index contributed by atoms with van der Waals surface area (Å²) in [7, 11) is 0. The second kappa shape index (κ2) is 12.1. The average Bonchev–Trinajstić information content (AvgIpc) is 4.06. The van der Waals surface area contributed by atoms with E-state index in [1.165, 1.54) is 0 Å². The van der Waals surface area contributed by atoms with Crippen LogP contribution >= 0.6 is 0 Å². The van der Waals surface area contributed by atoms with Gasteiger partial charge in [0.1, 0.15) is 39.1 Å². The molecule has 0 aliphatic heterocycles. The fourth-order valence-electron chi connectivity index (χ4n) is 8.65. The zero-order valence-corrected chi connectivity index (χ0v) is 31.1. The molecule has 276 valence electrons. The number of furan rings is 4. The van der Waals surface area contributed by atoms with Gasteiger partial charge in [0.05, 0.1) is 16.8 Å². The molecule has 0 spiro atoms. The van der Waals surface area contributed by atoms with Crippen LogP contribution in [-0.4, -0.2) is 15.0 Å². The summed E-state index contributed by atoms with van der Waals surface area (Å²) in [5, 5.41) is 7.97. The van der Waals surface area contributed by atoms with E-state index in [4.69, 9.17) is 32.6 Å². The van der Waals surface area contributed by atoms with Crippen LogP contribution in [0, 0.1) is 0 Å². The lowest BCUT2D eigenvalue weighted by molar-refractivity contribution is 0.667. The summed E-state index contributed by atoms with van der Waals surface area (Å²) in [6.45, 7) is 0. The van der Waals surface area contributed by atoms with E-state index in [1.807, 2.05) is 103 Å². The second-order valence-electron chi connectivity index (χ2n) is 14.7. The van der Waals surface area contributed by atoms with Crippen molar-refractivity contribution in [1.29, 1.82) is 0 Å². The Labute approximate surface area is 334 Å². The molecule has 0 fully saturated rings. The van der Waals surface area contributed by atoms with Gasteiger partial charge >= 0.3 is 0 Å². The molecule has 0 radical (unpaired) electrons. The third kappa shape index (κ3) is 4.80. The molecular formula is C51H28N4O4. The maximum atomic E-state index is 6.72. The molecule has 0 aliphatic carbocycles. The first-order valence-corrected chi connectivity index (χ1v) is 19.4. The lowest BCUT2D eigenvalue weighted by Gasteiger charge is -2.24. The van der Waals surface area contributed by atoms with Crippen LogP contribution in [-0.2, 0) is 0 Å². The number of hydrogen-bond acceptors (Lipinski definition) is 8. The van der Waals surface area contributed by atoms with Gasteiger partial charge < -0.3 is 17.7 Å². The number of fused-ring (bicyclic) bond motifs is 12. The Balaban J connectivity index is 1.12. The van der Waals surface area contributed by atoms with Crippen molar-refractivity contribution < 1.29 is 17.7 Å². The van der Waals surface area contributed by atoms with Crippen molar-refractivity contribution >= 4 is 105 Å². The molecule has 13 rings (SSSR count). The van der Waals surface area contributed by atoms with Crippen molar-refractivity contribution in [2.45, 2.75) is 0 Å². The van der Waals surface area contributed by atoms with Gasteiger partial charge in [0, 0.05) is 48.8 Å². The van der Waals surface area contributed by atoms with E-state index in [1.54, 1.807) is 0 Å². The molecule has 0 atom stereocenters. The van der Waals surface area contributed by atoms with Gasteiger partial charge in [-0.1, -0.05) is 97.1 Å². The quantitative estimate of drug-likeness (QED) is 0.171. The molecule has 8 aromatic carbocycles. The van der Waals surface area contributed by atoms with Crippen molar-refractivity contribution in [2.75, 3.05) is 4.90 Å². The molecule has 8 nitrogen and oxygen atoms in total. The Bertz CT molecular complexity index is 3830. The van der Waals surface area contributed by atoms with Gasteiger partial charge in [-0.05, 0) is 72.8 Å². The third-order valence-electron chi connectivity index (χ3n) is 11.3. The van der Waals surface area contributed by atoms with Crippen molar-refractivity contribution in [2.24, 2.45) is 0 Å². The van der Waals surface area contributed by atoms with Crippen LogP contribution in [0.3, 0.4) is 0 Å². The van der Waals surface area contributed by atoms with Gasteiger partial charge in [-0.25, -0.2) is 4.98 Å². The maximum Gasteiger partial charge on any atom is 0.238 e. The highest BCUT2D eigenvalue weighted by Crippen LogP contribution is 2.46. The maximum absolute atomic E-state index is 6.72. The van der Waals surface area contributed by atoms with E-state index in [9.17, 15) is 0 Å². The number of para-hydroxylation sites is 5. The fraction of sp³-hybridized carbons (Fsp3) is 0. The van der Waals surface area contributed by atoms with E-state index in [0.717, 1.165) is 105 Å². The zero-order chi connectivity index (χ0) is 38.6. The molecule has 59 heavy (non-hydrogen) atoms. The smallest absolute Gasteiger partial charge is 0.238 e. The number of aromatic nitrogens is 3. The summed E-state index contributed by atoms with van der Waals surface area (Å²) in [6, 6.07) is 56.8. The predicted octanol–water partition coefficient (Wildman–Crippen LogP) is 14.3. The summed E-state index contributed by atoms with van der Waals surface area (Å²) < 4.78 is 25.8.